The van der Waals surface area contributed by atoms with Crippen molar-refractivity contribution in [3.8, 4) is 0 Å². The highest BCUT2D eigenvalue weighted by atomic mass is 35.5. The quantitative estimate of drug-likeness (QED) is 0.609. The number of carbonyl (C=O) groups is 1. The topological polar surface area (TPSA) is 75.1 Å². The van der Waals surface area contributed by atoms with Gasteiger partial charge in [0.2, 0.25) is 0 Å². The second-order valence-corrected chi connectivity index (χ2v) is 7.13. The van der Waals surface area contributed by atoms with Gasteiger partial charge >= 0.3 is 5.97 Å². The SMILES string of the molecule is COC(=O)c1cc(Cl)c(C(=N)C2CCC2)c(NC2CCCCC2)n1. The van der Waals surface area contributed by atoms with Gasteiger partial charge in [-0.3, -0.25) is 0 Å². The number of anilines is 1. The van der Waals surface area contributed by atoms with E-state index >= 15 is 0 Å². The molecule has 0 radical (unpaired) electrons. The molecule has 1 aromatic heterocycles. The summed E-state index contributed by atoms with van der Waals surface area (Å²) in [5.41, 5.74) is 1.37. The van der Waals surface area contributed by atoms with Crippen molar-refractivity contribution in [3.63, 3.8) is 0 Å². The third-order valence-electron chi connectivity index (χ3n) is 5.09. The molecule has 24 heavy (non-hydrogen) atoms. The Labute approximate surface area is 147 Å². The van der Waals surface area contributed by atoms with E-state index in [1.54, 1.807) is 0 Å². The number of halogens is 1. The number of aromatic nitrogens is 1. The van der Waals surface area contributed by atoms with Gasteiger partial charge in [0.15, 0.2) is 5.69 Å². The fourth-order valence-electron chi connectivity index (χ4n) is 3.43. The van der Waals surface area contributed by atoms with Crippen LogP contribution in [0.15, 0.2) is 6.07 Å². The zero-order chi connectivity index (χ0) is 17.1. The molecule has 130 valence electrons. The van der Waals surface area contributed by atoms with Crippen LogP contribution in [0.3, 0.4) is 0 Å². The summed E-state index contributed by atoms with van der Waals surface area (Å²) in [5.74, 6) is 0.303. The van der Waals surface area contributed by atoms with E-state index in [0.29, 0.717) is 28.2 Å². The molecule has 0 atom stereocenters. The first-order valence-electron chi connectivity index (χ1n) is 8.74. The monoisotopic (exact) mass is 349 g/mol. The Kier molecular flexibility index (Phi) is 5.39. The van der Waals surface area contributed by atoms with Gasteiger partial charge < -0.3 is 15.5 Å². The third kappa shape index (κ3) is 3.56. The molecule has 0 amide bonds. The van der Waals surface area contributed by atoms with E-state index in [1.807, 2.05) is 0 Å². The Morgan fingerprint density at radius 2 is 1.96 bits per heavy atom. The second kappa shape index (κ2) is 7.51. The number of esters is 1. The van der Waals surface area contributed by atoms with Gasteiger partial charge in [0.1, 0.15) is 5.82 Å². The third-order valence-corrected chi connectivity index (χ3v) is 5.39. The fraction of sp³-hybridized carbons (Fsp3) is 0.611. The molecule has 2 aliphatic carbocycles. The van der Waals surface area contributed by atoms with Gasteiger partial charge in [0, 0.05) is 17.7 Å². The molecule has 0 unspecified atom stereocenters. The number of nitrogens with zero attached hydrogens (tertiary/aromatic N) is 1. The van der Waals surface area contributed by atoms with Crippen LogP contribution in [0.25, 0.3) is 0 Å². The minimum atomic E-state index is -0.509. The summed E-state index contributed by atoms with van der Waals surface area (Å²) < 4.78 is 4.77. The van der Waals surface area contributed by atoms with E-state index in [-0.39, 0.29) is 11.6 Å². The first kappa shape index (κ1) is 17.2. The molecule has 0 aromatic carbocycles. The second-order valence-electron chi connectivity index (χ2n) is 6.73. The summed E-state index contributed by atoms with van der Waals surface area (Å²) >= 11 is 6.44. The molecule has 1 aromatic rings. The standard InChI is InChI=1S/C18H24ClN3O2/c1-24-18(23)14-10-13(19)15(16(20)11-6-5-7-11)17(22-14)21-12-8-3-2-4-9-12/h10-12,20H,2-9H2,1H3,(H,21,22). The largest absolute Gasteiger partial charge is 0.464 e. The van der Waals surface area contributed by atoms with Crippen LogP contribution >= 0.6 is 11.6 Å². The lowest BCUT2D eigenvalue weighted by molar-refractivity contribution is 0.0594. The molecule has 0 saturated heterocycles. The van der Waals surface area contributed by atoms with Gasteiger partial charge in [-0.2, -0.15) is 0 Å². The highest BCUT2D eigenvalue weighted by molar-refractivity contribution is 6.35. The molecule has 0 bridgehead atoms. The number of ether oxygens (including phenoxy) is 1. The molecule has 0 aliphatic heterocycles. The van der Waals surface area contributed by atoms with Gasteiger partial charge in [-0.05, 0) is 31.7 Å². The van der Waals surface area contributed by atoms with Crippen molar-refractivity contribution in [2.75, 3.05) is 12.4 Å². The Bertz CT molecular complexity index is 637. The molecule has 2 saturated carbocycles. The molecule has 6 heteroatoms. The predicted octanol–water partition coefficient (Wildman–Crippen LogP) is 4.43. The molecule has 5 nitrogen and oxygen atoms in total. The Morgan fingerprint density at radius 1 is 1.25 bits per heavy atom. The number of pyridine rings is 1. The van der Waals surface area contributed by atoms with Crippen LogP contribution in [0, 0.1) is 11.3 Å². The van der Waals surface area contributed by atoms with Crippen molar-refractivity contribution >= 4 is 29.1 Å². The Hall–Kier alpha value is -1.62. The minimum Gasteiger partial charge on any atom is -0.464 e. The smallest absolute Gasteiger partial charge is 0.356 e. The van der Waals surface area contributed by atoms with Gasteiger partial charge in [-0.15, -0.1) is 0 Å². The van der Waals surface area contributed by atoms with Crippen LogP contribution in [-0.2, 0) is 4.74 Å². The molecule has 3 rings (SSSR count). The summed E-state index contributed by atoms with van der Waals surface area (Å²) in [7, 11) is 1.33. The van der Waals surface area contributed by atoms with E-state index in [9.17, 15) is 4.79 Å². The number of rotatable bonds is 5. The first-order valence-corrected chi connectivity index (χ1v) is 9.12. The van der Waals surface area contributed by atoms with E-state index in [1.165, 1.54) is 32.4 Å². The van der Waals surface area contributed by atoms with Crippen LogP contribution < -0.4 is 5.32 Å². The van der Waals surface area contributed by atoms with Crippen molar-refractivity contribution in [2.45, 2.75) is 57.4 Å². The summed E-state index contributed by atoms with van der Waals surface area (Å²) in [5, 5.41) is 12.4. The molecular formula is C18H24ClN3O2. The maximum atomic E-state index is 11.9. The highest BCUT2D eigenvalue weighted by Gasteiger charge is 2.29. The number of carbonyl (C=O) groups excluding carboxylic acids is 1. The normalized spacial score (nSPS) is 18.8. The van der Waals surface area contributed by atoms with E-state index < -0.39 is 5.97 Å². The van der Waals surface area contributed by atoms with Gasteiger partial charge in [-0.25, -0.2) is 9.78 Å². The summed E-state index contributed by atoms with van der Waals surface area (Å²) in [6, 6.07) is 1.84. The highest BCUT2D eigenvalue weighted by Crippen LogP contribution is 2.35. The number of hydrogen-bond acceptors (Lipinski definition) is 5. The molecule has 2 fully saturated rings. The zero-order valence-electron chi connectivity index (χ0n) is 14.0. The number of hydrogen-bond donors (Lipinski definition) is 2. The summed E-state index contributed by atoms with van der Waals surface area (Å²) in [6.07, 6.45) is 9.02. The predicted molar refractivity (Wildman–Crippen MR) is 95.3 cm³/mol. The average Bonchev–Trinajstić information content (AvgIpc) is 2.52. The molecular weight excluding hydrogens is 326 g/mol. The van der Waals surface area contributed by atoms with E-state index in [4.69, 9.17) is 21.7 Å². The van der Waals surface area contributed by atoms with Crippen molar-refractivity contribution in [3.05, 3.63) is 22.3 Å². The molecule has 2 aliphatic rings. The van der Waals surface area contributed by atoms with Crippen molar-refractivity contribution in [1.29, 1.82) is 5.41 Å². The molecule has 0 spiro atoms. The number of methoxy groups -OCH3 is 1. The maximum absolute atomic E-state index is 11.9. The zero-order valence-corrected chi connectivity index (χ0v) is 14.8. The van der Waals surface area contributed by atoms with E-state index in [0.717, 1.165) is 32.1 Å². The summed E-state index contributed by atoms with van der Waals surface area (Å²) in [4.78, 5) is 16.3. The number of nitrogens with one attached hydrogen (secondary N) is 2. The van der Waals surface area contributed by atoms with Crippen molar-refractivity contribution in [1.82, 2.24) is 4.98 Å². The first-order chi connectivity index (χ1) is 11.6. The lowest BCUT2D eigenvalue weighted by Gasteiger charge is -2.29. The van der Waals surface area contributed by atoms with Crippen LogP contribution in [0.4, 0.5) is 5.82 Å². The van der Waals surface area contributed by atoms with Gasteiger partial charge in [-0.1, -0.05) is 37.3 Å². The molecule has 2 N–H and O–H groups in total. The van der Waals surface area contributed by atoms with Crippen molar-refractivity contribution < 1.29 is 9.53 Å². The van der Waals surface area contributed by atoms with Crippen LogP contribution in [-0.4, -0.2) is 29.8 Å². The Balaban J connectivity index is 1.94. The van der Waals surface area contributed by atoms with Crippen LogP contribution in [0.1, 0.15) is 67.4 Å². The van der Waals surface area contributed by atoms with E-state index in [2.05, 4.69) is 10.3 Å². The average molecular weight is 350 g/mol. The summed E-state index contributed by atoms with van der Waals surface area (Å²) in [6.45, 7) is 0. The molecule has 1 heterocycles. The lowest BCUT2D eigenvalue weighted by Crippen LogP contribution is -2.28. The maximum Gasteiger partial charge on any atom is 0.356 e. The van der Waals surface area contributed by atoms with Gasteiger partial charge in [0.05, 0.1) is 17.7 Å². The van der Waals surface area contributed by atoms with Crippen LogP contribution in [0.5, 0.6) is 0 Å². The Morgan fingerprint density at radius 3 is 2.54 bits per heavy atom. The van der Waals surface area contributed by atoms with Crippen LogP contribution in [0.2, 0.25) is 5.02 Å². The van der Waals surface area contributed by atoms with Gasteiger partial charge in [0.25, 0.3) is 0 Å². The minimum absolute atomic E-state index is 0.186. The van der Waals surface area contributed by atoms with Crippen molar-refractivity contribution in [2.24, 2.45) is 5.92 Å². The lowest BCUT2D eigenvalue weighted by atomic mass is 9.79. The fourth-order valence-corrected chi connectivity index (χ4v) is 3.72.